The smallest absolute Gasteiger partial charge is 0.343 e. The number of hydrogen-bond acceptors (Lipinski definition) is 4. The third kappa shape index (κ3) is 2.47. The second kappa shape index (κ2) is 5.10. The molecule has 0 saturated carbocycles. The molecule has 0 radical (unpaired) electrons. The summed E-state index contributed by atoms with van der Waals surface area (Å²) in [6, 6.07) is 13.7. The number of rotatable bonds is 2. The molecule has 0 spiro atoms. The van der Waals surface area contributed by atoms with Gasteiger partial charge in [0, 0.05) is 13.1 Å². The van der Waals surface area contributed by atoms with Crippen molar-refractivity contribution < 1.29 is 9.53 Å². The second-order valence-corrected chi connectivity index (χ2v) is 4.59. The Morgan fingerprint density at radius 3 is 2.95 bits per heavy atom. The summed E-state index contributed by atoms with van der Waals surface area (Å²) < 4.78 is 7.21. The van der Waals surface area contributed by atoms with Crippen LogP contribution < -0.4 is 4.74 Å². The van der Waals surface area contributed by atoms with E-state index in [1.165, 1.54) is 6.07 Å². The zero-order valence-electron chi connectivity index (χ0n) is 11.3. The SMILES string of the molecule is Cn1cnc2cc(OC(=O)c3cccc(C#N)c3)ccc21. The van der Waals surface area contributed by atoms with Gasteiger partial charge in [0.2, 0.25) is 0 Å². The average molecular weight is 277 g/mol. The second-order valence-electron chi connectivity index (χ2n) is 4.59. The molecule has 3 aromatic rings. The molecule has 5 nitrogen and oxygen atoms in total. The van der Waals surface area contributed by atoms with Crippen LogP contribution in [0.25, 0.3) is 11.0 Å². The van der Waals surface area contributed by atoms with Crippen molar-refractivity contribution in [2.45, 2.75) is 0 Å². The van der Waals surface area contributed by atoms with Gasteiger partial charge in [-0.1, -0.05) is 6.07 Å². The van der Waals surface area contributed by atoms with Gasteiger partial charge in [-0.25, -0.2) is 9.78 Å². The van der Waals surface area contributed by atoms with E-state index in [4.69, 9.17) is 10.00 Å². The third-order valence-corrected chi connectivity index (χ3v) is 3.13. The molecule has 0 unspecified atom stereocenters. The molecular formula is C16H11N3O2. The minimum absolute atomic E-state index is 0.343. The molecule has 2 aromatic carbocycles. The van der Waals surface area contributed by atoms with Crippen LogP contribution in [0.1, 0.15) is 15.9 Å². The molecular weight excluding hydrogens is 266 g/mol. The van der Waals surface area contributed by atoms with Gasteiger partial charge in [0.05, 0.1) is 34.6 Å². The number of esters is 1. The first-order valence-corrected chi connectivity index (χ1v) is 6.31. The normalized spacial score (nSPS) is 10.3. The maximum absolute atomic E-state index is 12.1. The molecule has 0 N–H and O–H groups in total. The standard InChI is InChI=1S/C16H11N3O2/c1-19-10-18-14-8-13(5-6-15(14)19)21-16(20)12-4-2-3-11(7-12)9-17/h2-8,10H,1H3. The van der Waals surface area contributed by atoms with Crippen molar-refractivity contribution in [3.05, 3.63) is 59.9 Å². The van der Waals surface area contributed by atoms with E-state index >= 15 is 0 Å². The Kier molecular flexibility index (Phi) is 3.13. The van der Waals surface area contributed by atoms with Crippen LogP contribution in [0.5, 0.6) is 5.75 Å². The Morgan fingerprint density at radius 1 is 1.29 bits per heavy atom. The largest absolute Gasteiger partial charge is 0.423 e. The molecule has 3 rings (SSSR count). The van der Waals surface area contributed by atoms with Gasteiger partial charge >= 0.3 is 5.97 Å². The maximum Gasteiger partial charge on any atom is 0.343 e. The van der Waals surface area contributed by atoms with Gasteiger partial charge in [-0.15, -0.1) is 0 Å². The van der Waals surface area contributed by atoms with Crippen LogP contribution in [-0.4, -0.2) is 15.5 Å². The van der Waals surface area contributed by atoms with E-state index in [1.807, 2.05) is 23.8 Å². The number of benzene rings is 2. The first kappa shape index (κ1) is 12.9. The fraction of sp³-hybridized carbons (Fsp3) is 0.0625. The van der Waals surface area contributed by atoms with Gasteiger partial charge in [-0.05, 0) is 30.3 Å². The molecule has 0 amide bonds. The van der Waals surface area contributed by atoms with Gasteiger partial charge in [0.15, 0.2) is 0 Å². The summed E-state index contributed by atoms with van der Waals surface area (Å²) in [7, 11) is 1.90. The van der Waals surface area contributed by atoms with Crippen LogP contribution in [0.15, 0.2) is 48.8 Å². The highest BCUT2D eigenvalue weighted by Crippen LogP contribution is 2.20. The van der Waals surface area contributed by atoms with Gasteiger partial charge in [0.1, 0.15) is 5.75 Å². The van der Waals surface area contributed by atoms with E-state index < -0.39 is 5.97 Å². The molecule has 1 heterocycles. The minimum Gasteiger partial charge on any atom is -0.423 e. The Morgan fingerprint density at radius 2 is 2.14 bits per heavy atom. The summed E-state index contributed by atoms with van der Waals surface area (Å²) in [4.78, 5) is 16.3. The number of carbonyl (C=O) groups is 1. The van der Waals surface area contributed by atoms with Crippen molar-refractivity contribution in [3.8, 4) is 11.8 Å². The number of carbonyl (C=O) groups excluding carboxylic acids is 1. The molecule has 0 aliphatic rings. The molecule has 0 aliphatic carbocycles. The fourth-order valence-corrected chi connectivity index (χ4v) is 2.06. The van der Waals surface area contributed by atoms with E-state index in [1.54, 1.807) is 36.7 Å². The van der Waals surface area contributed by atoms with Crippen LogP contribution in [0, 0.1) is 11.3 Å². The van der Waals surface area contributed by atoms with Crippen molar-refractivity contribution >= 4 is 17.0 Å². The summed E-state index contributed by atoms with van der Waals surface area (Å²) in [5.41, 5.74) is 2.48. The molecule has 1 aromatic heterocycles. The summed E-state index contributed by atoms with van der Waals surface area (Å²) in [5, 5.41) is 8.84. The first-order valence-electron chi connectivity index (χ1n) is 6.31. The Balaban J connectivity index is 1.87. The predicted octanol–water partition coefficient (Wildman–Crippen LogP) is 2.66. The molecule has 5 heteroatoms. The highest BCUT2D eigenvalue weighted by molar-refractivity contribution is 5.92. The molecule has 0 atom stereocenters. The van der Waals surface area contributed by atoms with E-state index in [0.717, 1.165) is 11.0 Å². The monoisotopic (exact) mass is 277 g/mol. The Labute approximate surface area is 121 Å². The number of imidazole rings is 1. The number of aryl methyl sites for hydroxylation is 1. The fourth-order valence-electron chi connectivity index (χ4n) is 2.06. The number of nitriles is 1. The Bertz CT molecular complexity index is 875. The van der Waals surface area contributed by atoms with Crippen molar-refractivity contribution in [3.63, 3.8) is 0 Å². The summed E-state index contributed by atoms with van der Waals surface area (Å²) >= 11 is 0. The molecule has 21 heavy (non-hydrogen) atoms. The van der Waals surface area contributed by atoms with Gasteiger partial charge in [-0.2, -0.15) is 5.26 Å². The summed E-state index contributed by atoms with van der Waals surface area (Å²) in [6.07, 6.45) is 1.70. The van der Waals surface area contributed by atoms with Crippen molar-refractivity contribution in [2.75, 3.05) is 0 Å². The number of aromatic nitrogens is 2. The van der Waals surface area contributed by atoms with E-state index in [9.17, 15) is 4.79 Å². The van der Waals surface area contributed by atoms with Crippen LogP contribution in [0.2, 0.25) is 0 Å². The predicted molar refractivity (Wildman–Crippen MR) is 76.8 cm³/mol. The lowest BCUT2D eigenvalue weighted by Gasteiger charge is -2.04. The van der Waals surface area contributed by atoms with E-state index in [-0.39, 0.29) is 0 Å². The lowest BCUT2D eigenvalue weighted by Crippen LogP contribution is -2.08. The zero-order valence-corrected chi connectivity index (χ0v) is 11.3. The summed E-state index contributed by atoms with van der Waals surface area (Å²) in [5.74, 6) is -0.0732. The average Bonchev–Trinajstić information content (AvgIpc) is 2.88. The molecule has 102 valence electrons. The maximum atomic E-state index is 12.1. The van der Waals surface area contributed by atoms with Crippen LogP contribution >= 0.6 is 0 Å². The topological polar surface area (TPSA) is 67.9 Å². The van der Waals surface area contributed by atoms with Gasteiger partial charge < -0.3 is 9.30 Å². The van der Waals surface area contributed by atoms with Gasteiger partial charge in [0.25, 0.3) is 0 Å². The molecule has 0 aliphatic heterocycles. The van der Waals surface area contributed by atoms with Crippen molar-refractivity contribution in [1.29, 1.82) is 5.26 Å². The Hall–Kier alpha value is -3.13. The number of ether oxygens (including phenoxy) is 1. The van der Waals surface area contributed by atoms with Gasteiger partial charge in [-0.3, -0.25) is 0 Å². The zero-order chi connectivity index (χ0) is 14.8. The van der Waals surface area contributed by atoms with Crippen LogP contribution in [0.3, 0.4) is 0 Å². The highest BCUT2D eigenvalue weighted by Gasteiger charge is 2.10. The minimum atomic E-state index is -0.498. The molecule has 0 saturated heterocycles. The number of fused-ring (bicyclic) bond motifs is 1. The highest BCUT2D eigenvalue weighted by atomic mass is 16.5. The number of nitrogens with zero attached hydrogens (tertiary/aromatic N) is 3. The summed E-state index contributed by atoms with van der Waals surface area (Å²) in [6.45, 7) is 0. The van der Waals surface area contributed by atoms with E-state index in [2.05, 4.69) is 4.98 Å². The lowest BCUT2D eigenvalue weighted by atomic mass is 10.1. The van der Waals surface area contributed by atoms with E-state index in [0.29, 0.717) is 16.9 Å². The van der Waals surface area contributed by atoms with Crippen LogP contribution in [-0.2, 0) is 7.05 Å². The lowest BCUT2D eigenvalue weighted by molar-refractivity contribution is 0.0735. The van der Waals surface area contributed by atoms with Crippen molar-refractivity contribution in [2.24, 2.45) is 7.05 Å². The third-order valence-electron chi connectivity index (χ3n) is 3.13. The first-order chi connectivity index (χ1) is 10.2. The molecule has 0 bridgehead atoms. The number of hydrogen-bond donors (Lipinski definition) is 0. The molecule has 0 fully saturated rings. The van der Waals surface area contributed by atoms with Crippen LogP contribution in [0.4, 0.5) is 0 Å². The quantitative estimate of drug-likeness (QED) is 0.533. The van der Waals surface area contributed by atoms with Crippen molar-refractivity contribution in [1.82, 2.24) is 9.55 Å².